The monoisotopic (exact) mass is 388 g/mol. The molecule has 0 bridgehead atoms. The van der Waals surface area contributed by atoms with Gasteiger partial charge in [0.2, 0.25) is 0 Å². The molecule has 1 fully saturated rings. The van der Waals surface area contributed by atoms with Crippen molar-refractivity contribution in [2.75, 3.05) is 6.54 Å². The average Bonchev–Trinajstić information content (AvgIpc) is 3.22. The normalized spacial score (nSPS) is 13.8. The number of aromatic nitrogens is 3. The summed E-state index contributed by atoms with van der Waals surface area (Å²) in [6.07, 6.45) is 13.9. The van der Waals surface area contributed by atoms with Crippen LogP contribution in [0.2, 0.25) is 0 Å². The summed E-state index contributed by atoms with van der Waals surface area (Å²) in [6, 6.07) is 11.5. The standard InChI is InChI=1S/C11H7N3.C9H8FNO2.C2H2/c1-2-6-13-10(3-1)4-5-11-9-12-7-8-14-11;10-7-3-1-6(2-4-7)8-5-11-9(12)13-8;1-2/h1-3,6-9H;1-4,8H,5H2,(H,11,12);1-2H/t;8-;/m.1./s1. The molecule has 29 heavy (non-hydrogen) atoms. The van der Waals surface area contributed by atoms with Gasteiger partial charge in [-0.2, -0.15) is 0 Å². The van der Waals surface area contributed by atoms with Gasteiger partial charge in [-0.3, -0.25) is 4.98 Å². The molecule has 0 spiro atoms. The molecule has 1 aliphatic rings. The summed E-state index contributed by atoms with van der Waals surface area (Å²) in [5, 5.41) is 2.53. The molecule has 1 N–H and O–H groups in total. The molecule has 0 unspecified atom stereocenters. The molecular formula is C22H17FN4O2. The van der Waals surface area contributed by atoms with Crippen molar-refractivity contribution >= 4 is 6.09 Å². The highest BCUT2D eigenvalue weighted by molar-refractivity contribution is 5.69. The summed E-state index contributed by atoms with van der Waals surface area (Å²) in [4.78, 5) is 22.7. The molecule has 3 aromatic rings. The second-order valence-electron chi connectivity index (χ2n) is 5.38. The van der Waals surface area contributed by atoms with Crippen molar-refractivity contribution in [3.05, 3.63) is 90.0 Å². The van der Waals surface area contributed by atoms with Crippen LogP contribution in [0.4, 0.5) is 9.18 Å². The summed E-state index contributed by atoms with van der Waals surface area (Å²) in [5.74, 6) is 5.48. The third kappa shape index (κ3) is 7.12. The number of amides is 1. The van der Waals surface area contributed by atoms with Gasteiger partial charge in [0.15, 0.2) is 0 Å². The van der Waals surface area contributed by atoms with E-state index in [4.69, 9.17) is 4.74 Å². The van der Waals surface area contributed by atoms with Gasteiger partial charge in [0, 0.05) is 18.6 Å². The zero-order valence-corrected chi connectivity index (χ0v) is 15.3. The topological polar surface area (TPSA) is 77.0 Å². The second kappa shape index (κ2) is 11.5. The van der Waals surface area contributed by atoms with E-state index in [0.717, 1.165) is 11.3 Å². The van der Waals surface area contributed by atoms with E-state index in [1.54, 1.807) is 36.9 Å². The van der Waals surface area contributed by atoms with Crippen molar-refractivity contribution in [3.63, 3.8) is 0 Å². The number of cyclic esters (lactones) is 1. The highest BCUT2D eigenvalue weighted by atomic mass is 19.1. The number of nitrogens with one attached hydrogen (secondary N) is 1. The number of carbonyl (C=O) groups is 1. The Hall–Kier alpha value is -4.23. The van der Waals surface area contributed by atoms with E-state index in [-0.39, 0.29) is 11.9 Å². The van der Waals surface area contributed by atoms with Crippen LogP contribution in [0.3, 0.4) is 0 Å². The van der Waals surface area contributed by atoms with Crippen LogP contribution >= 0.6 is 0 Å². The summed E-state index contributed by atoms with van der Waals surface area (Å²) < 4.78 is 17.4. The largest absolute Gasteiger partial charge is 0.439 e. The van der Waals surface area contributed by atoms with Crippen LogP contribution in [0.1, 0.15) is 23.1 Å². The Morgan fingerprint density at radius 2 is 1.72 bits per heavy atom. The highest BCUT2D eigenvalue weighted by Crippen LogP contribution is 2.20. The minimum atomic E-state index is -0.422. The Bertz CT molecular complexity index is 938. The molecule has 4 rings (SSSR count). The molecule has 1 atom stereocenters. The zero-order valence-electron chi connectivity index (χ0n) is 15.3. The van der Waals surface area contributed by atoms with E-state index in [2.05, 4.69) is 45.0 Å². The first kappa shape index (κ1) is 21.1. The van der Waals surface area contributed by atoms with Gasteiger partial charge < -0.3 is 10.1 Å². The lowest BCUT2D eigenvalue weighted by Crippen LogP contribution is -2.12. The quantitative estimate of drug-likeness (QED) is 0.648. The van der Waals surface area contributed by atoms with Gasteiger partial charge in [0.1, 0.15) is 23.3 Å². The molecule has 0 saturated carbocycles. The van der Waals surface area contributed by atoms with E-state index in [1.165, 1.54) is 12.1 Å². The predicted octanol–water partition coefficient (Wildman–Crippen LogP) is 3.13. The fourth-order valence-corrected chi connectivity index (χ4v) is 2.18. The smallest absolute Gasteiger partial charge is 0.407 e. The van der Waals surface area contributed by atoms with Crippen molar-refractivity contribution in [1.29, 1.82) is 0 Å². The van der Waals surface area contributed by atoms with Crippen molar-refractivity contribution in [3.8, 4) is 24.7 Å². The molecule has 2 aromatic heterocycles. The first-order valence-electron chi connectivity index (χ1n) is 8.43. The van der Waals surface area contributed by atoms with E-state index in [9.17, 15) is 9.18 Å². The minimum absolute atomic E-state index is 0.284. The number of alkyl carbamates (subject to hydrolysis) is 1. The Labute approximate surface area is 168 Å². The zero-order chi connectivity index (χ0) is 20.9. The van der Waals surface area contributed by atoms with Crippen LogP contribution in [0, 0.1) is 30.5 Å². The first-order chi connectivity index (χ1) is 14.2. The molecule has 1 saturated heterocycles. The van der Waals surface area contributed by atoms with E-state index >= 15 is 0 Å². The van der Waals surface area contributed by atoms with Crippen LogP contribution in [0.25, 0.3) is 0 Å². The van der Waals surface area contributed by atoms with Gasteiger partial charge in [-0.1, -0.05) is 18.2 Å². The molecule has 1 aromatic carbocycles. The third-order valence-electron chi connectivity index (χ3n) is 3.47. The summed E-state index contributed by atoms with van der Waals surface area (Å²) >= 11 is 0. The number of hydrogen-bond acceptors (Lipinski definition) is 5. The number of carbonyl (C=O) groups excluding carboxylic acids is 1. The number of rotatable bonds is 1. The Balaban J connectivity index is 0.000000191. The SMILES string of the molecule is C#C.C(#Cc1cnccn1)c1ccccn1.O=C1NC[C@H](c2ccc(F)cc2)O1. The molecule has 7 heteroatoms. The van der Waals surface area contributed by atoms with E-state index in [0.29, 0.717) is 12.2 Å². The molecule has 0 radical (unpaired) electrons. The van der Waals surface area contributed by atoms with Crippen LogP contribution in [0.15, 0.2) is 67.3 Å². The van der Waals surface area contributed by atoms with Crippen molar-refractivity contribution in [1.82, 2.24) is 20.3 Å². The predicted molar refractivity (Wildman–Crippen MR) is 106 cm³/mol. The van der Waals surface area contributed by atoms with E-state index in [1.807, 2.05) is 18.2 Å². The lowest BCUT2D eigenvalue weighted by molar-refractivity contribution is 0.141. The number of ether oxygens (including phenoxy) is 1. The molecule has 3 heterocycles. The summed E-state index contributed by atoms with van der Waals surface area (Å²) in [6.45, 7) is 0.449. The Morgan fingerprint density at radius 3 is 2.31 bits per heavy atom. The van der Waals surface area contributed by atoms with Crippen molar-refractivity contribution in [2.24, 2.45) is 0 Å². The fourth-order valence-electron chi connectivity index (χ4n) is 2.18. The number of halogens is 1. The molecule has 1 amide bonds. The number of nitrogens with zero attached hydrogens (tertiary/aromatic N) is 3. The number of benzene rings is 1. The lowest BCUT2D eigenvalue weighted by Gasteiger charge is -2.06. The highest BCUT2D eigenvalue weighted by Gasteiger charge is 2.23. The maximum absolute atomic E-state index is 12.5. The number of pyridine rings is 1. The number of terminal acetylenes is 1. The van der Waals surface area contributed by atoms with Crippen molar-refractivity contribution in [2.45, 2.75) is 6.10 Å². The molecule has 1 aliphatic heterocycles. The third-order valence-corrected chi connectivity index (χ3v) is 3.47. The lowest BCUT2D eigenvalue weighted by atomic mass is 10.1. The summed E-state index contributed by atoms with van der Waals surface area (Å²) in [5.41, 5.74) is 2.19. The second-order valence-corrected chi connectivity index (χ2v) is 5.38. The van der Waals surface area contributed by atoms with Gasteiger partial charge in [-0.25, -0.2) is 19.2 Å². The first-order valence-corrected chi connectivity index (χ1v) is 8.43. The van der Waals surface area contributed by atoms with Crippen LogP contribution in [0.5, 0.6) is 0 Å². The minimum Gasteiger partial charge on any atom is -0.439 e. The van der Waals surface area contributed by atoms with Crippen molar-refractivity contribution < 1.29 is 13.9 Å². The fraction of sp³-hybridized carbons (Fsp3) is 0.0909. The summed E-state index contributed by atoms with van der Waals surface area (Å²) in [7, 11) is 0. The molecular weight excluding hydrogens is 371 g/mol. The Morgan fingerprint density at radius 1 is 1.00 bits per heavy atom. The van der Waals surface area contributed by atoms with Gasteiger partial charge >= 0.3 is 6.09 Å². The maximum atomic E-state index is 12.5. The Kier molecular flexibility index (Phi) is 8.34. The van der Waals surface area contributed by atoms with Crippen LogP contribution < -0.4 is 5.32 Å². The molecule has 0 aliphatic carbocycles. The average molecular weight is 388 g/mol. The van der Waals surface area contributed by atoms with Gasteiger partial charge in [0.25, 0.3) is 0 Å². The van der Waals surface area contributed by atoms with Gasteiger partial charge in [0.05, 0.1) is 12.7 Å². The van der Waals surface area contributed by atoms with Crippen LogP contribution in [-0.4, -0.2) is 27.6 Å². The molecule has 6 nitrogen and oxygen atoms in total. The van der Waals surface area contributed by atoms with Crippen LogP contribution in [-0.2, 0) is 4.74 Å². The van der Waals surface area contributed by atoms with Gasteiger partial charge in [-0.15, -0.1) is 12.8 Å². The maximum Gasteiger partial charge on any atom is 0.407 e. The van der Waals surface area contributed by atoms with E-state index < -0.39 is 6.09 Å². The number of hydrogen-bond donors (Lipinski definition) is 1. The molecule has 144 valence electrons. The van der Waals surface area contributed by atoms with Gasteiger partial charge in [-0.05, 0) is 41.7 Å².